The first-order valence-electron chi connectivity index (χ1n) is 6.87. The lowest BCUT2D eigenvalue weighted by molar-refractivity contribution is 0.145. The topological polar surface area (TPSA) is 49.1 Å². The minimum atomic E-state index is 0.488. The molecule has 4 nitrogen and oxygen atoms in total. The van der Waals surface area contributed by atoms with Crippen molar-refractivity contribution >= 4 is 22.5 Å². The molecule has 0 unspecified atom stereocenters. The first-order valence-corrected chi connectivity index (χ1v) is 7.25. The van der Waals surface area contributed by atoms with Crippen LogP contribution in [0, 0.1) is 11.3 Å². The number of fused-ring (bicyclic) bond motifs is 1. The standard InChI is InChI=1S/C16H18ClN3O/c1-21-10-9-20(8-4-7-18)12-14-11-13-5-2-3-6-15(13)19-16(14)17/h2-3,5-6,11H,4,8-10,12H2,1H3. The van der Waals surface area contributed by atoms with E-state index in [-0.39, 0.29) is 0 Å². The van der Waals surface area contributed by atoms with Gasteiger partial charge in [0.25, 0.3) is 0 Å². The number of hydrogen-bond acceptors (Lipinski definition) is 4. The molecular weight excluding hydrogens is 286 g/mol. The van der Waals surface area contributed by atoms with Gasteiger partial charge in [0.2, 0.25) is 0 Å². The van der Waals surface area contributed by atoms with Gasteiger partial charge in [0.05, 0.1) is 18.2 Å². The minimum absolute atomic E-state index is 0.488. The summed E-state index contributed by atoms with van der Waals surface area (Å²) in [5.41, 5.74) is 1.87. The molecule has 2 aromatic rings. The van der Waals surface area contributed by atoms with Gasteiger partial charge in [-0.1, -0.05) is 29.8 Å². The second-order valence-corrected chi connectivity index (χ2v) is 5.17. The second-order valence-electron chi connectivity index (χ2n) is 4.81. The maximum atomic E-state index is 8.76. The number of nitrogens with zero attached hydrogens (tertiary/aromatic N) is 3. The molecule has 1 aromatic heterocycles. The van der Waals surface area contributed by atoms with E-state index in [2.05, 4.69) is 22.0 Å². The van der Waals surface area contributed by atoms with E-state index in [9.17, 15) is 0 Å². The fraction of sp³-hybridized carbons (Fsp3) is 0.375. The fourth-order valence-corrected chi connectivity index (χ4v) is 2.39. The molecule has 110 valence electrons. The molecule has 0 aliphatic rings. The zero-order chi connectivity index (χ0) is 15.1. The van der Waals surface area contributed by atoms with Crippen molar-refractivity contribution in [1.82, 2.24) is 9.88 Å². The van der Waals surface area contributed by atoms with Crippen molar-refractivity contribution in [3.8, 4) is 6.07 Å². The summed E-state index contributed by atoms with van der Waals surface area (Å²) in [5, 5.41) is 10.4. The van der Waals surface area contributed by atoms with Gasteiger partial charge in [-0.25, -0.2) is 4.98 Å². The number of halogens is 1. The molecule has 5 heteroatoms. The van der Waals surface area contributed by atoms with Crippen LogP contribution in [0.25, 0.3) is 10.9 Å². The Balaban J connectivity index is 2.18. The summed E-state index contributed by atoms with van der Waals surface area (Å²) >= 11 is 6.28. The predicted molar refractivity (Wildman–Crippen MR) is 84.1 cm³/mol. The Kier molecular flexibility index (Phi) is 5.94. The monoisotopic (exact) mass is 303 g/mol. The average Bonchev–Trinajstić information content (AvgIpc) is 2.50. The van der Waals surface area contributed by atoms with Crippen molar-refractivity contribution in [3.63, 3.8) is 0 Å². The number of hydrogen-bond donors (Lipinski definition) is 0. The normalized spacial score (nSPS) is 11.0. The molecule has 0 bridgehead atoms. The molecule has 0 atom stereocenters. The van der Waals surface area contributed by atoms with Crippen molar-refractivity contribution in [3.05, 3.63) is 41.0 Å². The van der Waals surface area contributed by atoms with Crippen molar-refractivity contribution in [2.45, 2.75) is 13.0 Å². The van der Waals surface area contributed by atoms with E-state index >= 15 is 0 Å². The van der Waals surface area contributed by atoms with E-state index in [1.54, 1.807) is 7.11 Å². The van der Waals surface area contributed by atoms with Gasteiger partial charge in [-0.3, -0.25) is 4.90 Å². The molecular formula is C16H18ClN3O. The molecule has 0 N–H and O–H groups in total. The summed E-state index contributed by atoms with van der Waals surface area (Å²) < 4.78 is 5.12. The van der Waals surface area contributed by atoms with Gasteiger partial charge in [-0.15, -0.1) is 0 Å². The van der Waals surface area contributed by atoms with Crippen LogP contribution in [0.3, 0.4) is 0 Å². The Morgan fingerprint density at radius 3 is 2.90 bits per heavy atom. The second kappa shape index (κ2) is 7.94. The summed E-state index contributed by atoms with van der Waals surface area (Å²) in [4.78, 5) is 6.59. The van der Waals surface area contributed by atoms with Crippen LogP contribution in [-0.4, -0.2) is 36.7 Å². The van der Waals surface area contributed by atoms with Crippen LogP contribution in [0.2, 0.25) is 5.15 Å². The number of rotatable bonds is 7. The third-order valence-corrected chi connectivity index (χ3v) is 3.62. The fourth-order valence-electron chi connectivity index (χ4n) is 2.19. The quantitative estimate of drug-likeness (QED) is 0.737. The summed E-state index contributed by atoms with van der Waals surface area (Å²) in [6.45, 7) is 2.76. The van der Waals surface area contributed by atoms with Gasteiger partial charge in [-0.2, -0.15) is 5.26 Å². The molecule has 1 heterocycles. The van der Waals surface area contributed by atoms with Crippen LogP contribution in [0.1, 0.15) is 12.0 Å². The van der Waals surface area contributed by atoms with Gasteiger partial charge < -0.3 is 4.74 Å². The lowest BCUT2D eigenvalue weighted by Gasteiger charge is -2.21. The Labute approximate surface area is 129 Å². The van der Waals surface area contributed by atoms with Crippen molar-refractivity contribution in [2.24, 2.45) is 0 Å². The summed E-state index contributed by atoms with van der Waals surface area (Å²) in [7, 11) is 1.67. The third kappa shape index (κ3) is 4.40. The number of pyridine rings is 1. The molecule has 0 spiro atoms. The third-order valence-electron chi connectivity index (χ3n) is 3.30. The van der Waals surface area contributed by atoms with E-state index in [1.165, 1.54) is 0 Å². The van der Waals surface area contributed by atoms with Crippen LogP contribution in [-0.2, 0) is 11.3 Å². The van der Waals surface area contributed by atoms with Crippen LogP contribution < -0.4 is 0 Å². The van der Waals surface area contributed by atoms with E-state index in [4.69, 9.17) is 21.6 Å². The van der Waals surface area contributed by atoms with E-state index in [0.29, 0.717) is 31.3 Å². The highest BCUT2D eigenvalue weighted by atomic mass is 35.5. The molecule has 0 amide bonds. The van der Waals surface area contributed by atoms with Gasteiger partial charge in [0, 0.05) is 44.1 Å². The Morgan fingerprint density at radius 2 is 2.14 bits per heavy atom. The molecule has 2 rings (SSSR count). The van der Waals surface area contributed by atoms with Crippen LogP contribution >= 0.6 is 11.6 Å². The smallest absolute Gasteiger partial charge is 0.134 e. The van der Waals surface area contributed by atoms with Crippen molar-refractivity contribution in [2.75, 3.05) is 26.8 Å². The first kappa shape index (κ1) is 15.7. The minimum Gasteiger partial charge on any atom is -0.383 e. The number of aromatic nitrogens is 1. The summed E-state index contributed by atoms with van der Waals surface area (Å²) in [5.74, 6) is 0. The number of nitriles is 1. The van der Waals surface area contributed by atoms with Crippen molar-refractivity contribution in [1.29, 1.82) is 5.26 Å². The van der Waals surface area contributed by atoms with E-state index in [0.717, 1.165) is 23.0 Å². The molecule has 0 aliphatic carbocycles. The van der Waals surface area contributed by atoms with Crippen LogP contribution in [0.15, 0.2) is 30.3 Å². The number of benzene rings is 1. The summed E-state index contributed by atoms with van der Waals surface area (Å²) in [6.07, 6.45) is 0.488. The van der Waals surface area contributed by atoms with Gasteiger partial charge in [-0.05, 0) is 12.1 Å². The predicted octanol–water partition coefficient (Wildman–Crippen LogP) is 3.25. The van der Waals surface area contributed by atoms with Gasteiger partial charge in [0.1, 0.15) is 5.15 Å². The number of ether oxygens (including phenoxy) is 1. The van der Waals surface area contributed by atoms with E-state index in [1.807, 2.05) is 24.3 Å². The largest absolute Gasteiger partial charge is 0.383 e. The van der Waals surface area contributed by atoms with Crippen LogP contribution in [0.5, 0.6) is 0 Å². The van der Waals surface area contributed by atoms with E-state index < -0.39 is 0 Å². The highest BCUT2D eigenvalue weighted by Crippen LogP contribution is 2.21. The summed E-state index contributed by atoms with van der Waals surface area (Å²) in [6, 6.07) is 12.1. The molecule has 1 aromatic carbocycles. The lowest BCUT2D eigenvalue weighted by atomic mass is 10.1. The number of methoxy groups -OCH3 is 1. The molecule has 0 saturated heterocycles. The van der Waals surface area contributed by atoms with Crippen LogP contribution in [0.4, 0.5) is 0 Å². The maximum Gasteiger partial charge on any atom is 0.134 e. The number of para-hydroxylation sites is 1. The SMILES string of the molecule is COCCN(CCC#N)Cc1cc2ccccc2nc1Cl. The van der Waals surface area contributed by atoms with Gasteiger partial charge in [0.15, 0.2) is 0 Å². The Hall–Kier alpha value is -1.67. The Morgan fingerprint density at radius 1 is 1.33 bits per heavy atom. The van der Waals surface area contributed by atoms with Crippen molar-refractivity contribution < 1.29 is 4.74 Å². The molecule has 0 aliphatic heterocycles. The molecule has 0 saturated carbocycles. The first-order chi connectivity index (χ1) is 10.2. The highest BCUT2D eigenvalue weighted by molar-refractivity contribution is 6.30. The zero-order valence-electron chi connectivity index (χ0n) is 12.1. The maximum absolute atomic E-state index is 8.76. The zero-order valence-corrected chi connectivity index (χ0v) is 12.8. The molecule has 0 fully saturated rings. The molecule has 21 heavy (non-hydrogen) atoms. The Bertz CT molecular complexity index is 639. The average molecular weight is 304 g/mol. The molecule has 0 radical (unpaired) electrons. The highest BCUT2D eigenvalue weighted by Gasteiger charge is 2.10. The van der Waals surface area contributed by atoms with Gasteiger partial charge >= 0.3 is 0 Å². The lowest BCUT2D eigenvalue weighted by Crippen LogP contribution is -2.28.